The van der Waals surface area contributed by atoms with Crippen LogP contribution >= 0.6 is 0 Å². The van der Waals surface area contributed by atoms with Crippen molar-refractivity contribution in [3.8, 4) is 0 Å². The van der Waals surface area contributed by atoms with E-state index in [1.165, 1.54) is 6.26 Å². The molecule has 5 nitrogen and oxygen atoms in total. The average molecular weight is 233 g/mol. The van der Waals surface area contributed by atoms with Crippen LogP contribution in [0.2, 0.25) is 0 Å². The van der Waals surface area contributed by atoms with E-state index in [1.54, 1.807) is 24.1 Å². The van der Waals surface area contributed by atoms with Crippen LogP contribution in [0, 0.1) is 0 Å². The van der Waals surface area contributed by atoms with Crippen molar-refractivity contribution in [3.63, 3.8) is 0 Å². The summed E-state index contributed by atoms with van der Waals surface area (Å²) >= 11 is 0. The minimum Gasteiger partial charge on any atom is -0.459 e. The molecule has 2 aromatic rings. The van der Waals surface area contributed by atoms with Crippen LogP contribution in [0.5, 0.6) is 0 Å². The summed E-state index contributed by atoms with van der Waals surface area (Å²) in [6.45, 7) is 3.33. The van der Waals surface area contributed by atoms with Crippen molar-refractivity contribution in [2.45, 2.75) is 20.0 Å². The van der Waals surface area contributed by atoms with Crippen molar-refractivity contribution in [2.24, 2.45) is 0 Å². The number of hydrogen-bond donors (Lipinski definition) is 0. The maximum atomic E-state index is 11.9. The highest BCUT2D eigenvalue weighted by molar-refractivity contribution is 5.91. The molecule has 0 aliphatic heterocycles. The van der Waals surface area contributed by atoms with Gasteiger partial charge in [0.2, 0.25) is 0 Å². The second-order valence-electron chi connectivity index (χ2n) is 3.80. The zero-order valence-corrected chi connectivity index (χ0v) is 9.96. The molecule has 0 saturated heterocycles. The fourth-order valence-corrected chi connectivity index (χ4v) is 1.57. The molecule has 0 atom stereocenters. The summed E-state index contributed by atoms with van der Waals surface area (Å²) in [7, 11) is 1.73. The molecule has 0 fully saturated rings. The first-order chi connectivity index (χ1) is 8.20. The van der Waals surface area contributed by atoms with Crippen molar-refractivity contribution in [3.05, 3.63) is 42.1 Å². The van der Waals surface area contributed by atoms with E-state index in [9.17, 15) is 4.79 Å². The Morgan fingerprint density at radius 1 is 1.53 bits per heavy atom. The Morgan fingerprint density at radius 2 is 2.35 bits per heavy atom. The van der Waals surface area contributed by atoms with Crippen LogP contribution in [-0.2, 0) is 13.1 Å². The molecule has 0 spiro atoms. The molecular formula is C12H15N3O2. The second kappa shape index (κ2) is 4.86. The topological polar surface area (TPSA) is 51.3 Å². The molecule has 0 aliphatic carbocycles. The molecule has 90 valence electrons. The van der Waals surface area contributed by atoms with Crippen LogP contribution in [0.15, 0.2) is 35.1 Å². The van der Waals surface area contributed by atoms with Gasteiger partial charge in [-0.05, 0) is 25.1 Å². The Labute approximate surface area is 99.6 Å². The third-order valence-electron chi connectivity index (χ3n) is 2.50. The summed E-state index contributed by atoms with van der Waals surface area (Å²) in [4.78, 5) is 13.5. The van der Waals surface area contributed by atoms with E-state index in [1.807, 2.05) is 23.9 Å². The number of carbonyl (C=O) groups excluding carboxylic acids is 1. The third-order valence-corrected chi connectivity index (χ3v) is 2.50. The van der Waals surface area contributed by atoms with Gasteiger partial charge in [-0.2, -0.15) is 5.10 Å². The van der Waals surface area contributed by atoms with Gasteiger partial charge in [0.25, 0.3) is 5.91 Å². The first-order valence-corrected chi connectivity index (χ1v) is 5.52. The molecule has 17 heavy (non-hydrogen) atoms. The van der Waals surface area contributed by atoms with Gasteiger partial charge in [0.1, 0.15) is 0 Å². The van der Waals surface area contributed by atoms with Crippen molar-refractivity contribution in [1.82, 2.24) is 14.7 Å². The van der Waals surface area contributed by atoms with Gasteiger partial charge < -0.3 is 9.32 Å². The molecule has 2 rings (SSSR count). The monoisotopic (exact) mass is 233 g/mol. The minimum absolute atomic E-state index is 0.138. The third kappa shape index (κ3) is 2.55. The lowest BCUT2D eigenvalue weighted by atomic mass is 10.3. The molecule has 2 heterocycles. The Bertz CT molecular complexity index is 488. The maximum Gasteiger partial charge on any atom is 0.289 e. The van der Waals surface area contributed by atoms with Gasteiger partial charge >= 0.3 is 0 Å². The van der Waals surface area contributed by atoms with Crippen LogP contribution in [0.1, 0.15) is 23.2 Å². The summed E-state index contributed by atoms with van der Waals surface area (Å²) < 4.78 is 6.90. The number of carbonyl (C=O) groups is 1. The molecule has 0 N–H and O–H groups in total. The SMILES string of the molecule is CCn1ccc(CN(C)C(=O)c2ccco2)n1. The number of hydrogen-bond acceptors (Lipinski definition) is 3. The summed E-state index contributed by atoms with van der Waals surface area (Å²) in [5, 5.41) is 4.32. The highest BCUT2D eigenvalue weighted by Gasteiger charge is 2.15. The molecule has 5 heteroatoms. The molecule has 0 radical (unpaired) electrons. The maximum absolute atomic E-state index is 11.9. The standard InChI is InChI=1S/C12H15N3O2/c1-3-15-7-6-10(13-15)9-14(2)12(16)11-5-4-8-17-11/h4-8H,3,9H2,1-2H3. The lowest BCUT2D eigenvalue weighted by Crippen LogP contribution is -2.26. The number of aryl methyl sites for hydroxylation is 1. The normalized spacial score (nSPS) is 10.5. The Hall–Kier alpha value is -2.04. The number of rotatable bonds is 4. The quantitative estimate of drug-likeness (QED) is 0.808. The molecule has 1 amide bonds. The van der Waals surface area contributed by atoms with E-state index in [0.29, 0.717) is 12.3 Å². The zero-order valence-electron chi connectivity index (χ0n) is 9.96. The van der Waals surface area contributed by atoms with Gasteiger partial charge in [0.15, 0.2) is 5.76 Å². The Kier molecular flexibility index (Phi) is 3.27. The van der Waals surface area contributed by atoms with E-state index in [-0.39, 0.29) is 5.91 Å². The molecule has 0 saturated carbocycles. The highest BCUT2D eigenvalue weighted by atomic mass is 16.3. The molecule has 0 bridgehead atoms. The second-order valence-corrected chi connectivity index (χ2v) is 3.80. The summed E-state index contributed by atoms with van der Waals surface area (Å²) in [5.41, 5.74) is 0.870. The Morgan fingerprint density at radius 3 is 2.94 bits per heavy atom. The number of amides is 1. The highest BCUT2D eigenvalue weighted by Crippen LogP contribution is 2.07. The van der Waals surface area contributed by atoms with Crippen LogP contribution in [0.25, 0.3) is 0 Å². The molecule has 0 unspecified atom stereocenters. The van der Waals surface area contributed by atoms with E-state index in [0.717, 1.165) is 12.2 Å². The number of aromatic nitrogens is 2. The van der Waals surface area contributed by atoms with E-state index in [2.05, 4.69) is 5.10 Å². The Balaban J connectivity index is 2.01. The van der Waals surface area contributed by atoms with Gasteiger partial charge in [-0.1, -0.05) is 0 Å². The molecule has 0 aromatic carbocycles. The lowest BCUT2D eigenvalue weighted by molar-refractivity contribution is 0.0751. The number of nitrogens with zero attached hydrogens (tertiary/aromatic N) is 3. The van der Waals surface area contributed by atoms with Crippen molar-refractivity contribution >= 4 is 5.91 Å². The molecular weight excluding hydrogens is 218 g/mol. The van der Waals surface area contributed by atoms with Crippen LogP contribution < -0.4 is 0 Å². The fourth-order valence-electron chi connectivity index (χ4n) is 1.57. The first kappa shape index (κ1) is 11.4. The smallest absolute Gasteiger partial charge is 0.289 e. The number of furan rings is 1. The molecule has 0 aliphatic rings. The van der Waals surface area contributed by atoms with E-state index >= 15 is 0 Å². The van der Waals surface area contributed by atoms with Gasteiger partial charge in [-0.15, -0.1) is 0 Å². The minimum atomic E-state index is -0.138. The van der Waals surface area contributed by atoms with Crippen LogP contribution in [0.3, 0.4) is 0 Å². The van der Waals surface area contributed by atoms with Crippen molar-refractivity contribution < 1.29 is 9.21 Å². The molecule has 2 aromatic heterocycles. The fraction of sp³-hybridized carbons (Fsp3) is 0.333. The van der Waals surface area contributed by atoms with E-state index < -0.39 is 0 Å². The lowest BCUT2D eigenvalue weighted by Gasteiger charge is -2.13. The first-order valence-electron chi connectivity index (χ1n) is 5.52. The average Bonchev–Trinajstić information content (AvgIpc) is 2.98. The van der Waals surface area contributed by atoms with Gasteiger partial charge in [0.05, 0.1) is 18.5 Å². The van der Waals surface area contributed by atoms with Crippen molar-refractivity contribution in [1.29, 1.82) is 0 Å². The van der Waals surface area contributed by atoms with Gasteiger partial charge in [0, 0.05) is 19.8 Å². The van der Waals surface area contributed by atoms with Crippen LogP contribution in [0.4, 0.5) is 0 Å². The largest absolute Gasteiger partial charge is 0.459 e. The zero-order chi connectivity index (χ0) is 12.3. The summed E-state index contributed by atoms with van der Waals surface area (Å²) in [5.74, 6) is 0.212. The summed E-state index contributed by atoms with van der Waals surface area (Å²) in [6, 6.07) is 5.27. The van der Waals surface area contributed by atoms with Gasteiger partial charge in [-0.25, -0.2) is 0 Å². The predicted molar refractivity (Wildman–Crippen MR) is 62.4 cm³/mol. The predicted octanol–water partition coefficient (Wildman–Crippen LogP) is 1.77. The van der Waals surface area contributed by atoms with Crippen molar-refractivity contribution in [2.75, 3.05) is 7.05 Å². The summed E-state index contributed by atoms with van der Waals surface area (Å²) in [6.07, 6.45) is 3.40. The van der Waals surface area contributed by atoms with Crippen LogP contribution in [-0.4, -0.2) is 27.6 Å². The van der Waals surface area contributed by atoms with E-state index in [4.69, 9.17) is 4.42 Å². The van der Waals surface area contributed by atoms with Gasteiger partial charge in [-0.3, -0.25) is 9.48 Å².